The van der Waals surface area contributed by atoms with Crippen molar-refractivity contribution in [3.8, 4) is 0 Å². The number of nitrogens with zero attached hydrogens (tertiary/aromatic N) is 1. The molecular formula is C11H12Cl2N2O2S2. The molecule has 0 aromatic heterocycles. The highest BCUT2D eigenvalue weighted by molar-refractivity contribution is 7.89. The second-order valence-corrected chi connectivity index (χ2v) is 7.52. The van der Waals surface area contributed by atoms with Gasteiger partial charge in [-0.2, -0.15) is 4.31 Å². The number of sulfonamides is 1. The van der Waals surface area contributed by atoms with Crippen LogP contribution < -0.4 is 5.73 Å². The first-order valence-electron chi connectivity index (χ1n) is 5.59. The molecule has 8 heteroatoms. The molecule has 1 aliphatic heterocycles. The van der Waals surface area contributed by atoms with Crippen molar-refractivity contribution in [3.05, 3.63) is 28.2 Å². The number of hydrogen-bond donors (Lipinski definition) is 1. The van der Waals surface area contributed by atoms with Gasteiger partial charge in [0.1, 0.15) is 0 Å². The minimum Gasteiger partial charge on any atom is -0.392 e. The van der Waals surface area contributed by atoms with Crippen molar-refractivity contribution in [2.45, 2.75) is 23.8 Å². The molecule has 1 atom stereocenters. The van der Waals surface area contributed by atoms with Crippen molar-refractivity contribution >= 4 is 50.4 Å². The molecule has 1 aliphatic rings. The molecular weight excluding hydrogens is 327 g/mol. The Balaban J connectivity index is 2.44. The number of nitrogens with two attached hydrogens (primary N) is 1. The summed E-state index contributed by atoms with van der Waals surface area (Å²) in [6, 6.07) is 3.80. The number of hydrogen-bond acceptors (Lipinski definition) is 3. The molecule has 0 saturated carbocycles. The van der Waals surface area contributed by atoms with Crippen LogP contribution in [0.5, 0.6) is 0 Å². The molecule has 0 aliphatic carbocycles. The monoisotopic (exact) mass is 338 g/mol. The molecule has 104 valence electrons. The molecule has 0 radical (unpaired) electrons. The fourth-order valence-corrected chi connectivity index (χ4v) is 4.84. The Kier molecular flexibility index (Phi) is 4.37. The van der Waals surface area contributed by atoms with Gasteiger partial charge in [0, 0.05) is 16.6 Å². The second-order valence-electron chi connectivity index (χ2n) is 4.28. The highest BCUT2D eigenvalue weighted by atomic mass is 35.5. The van der Waals surface area contributed by atoms with E-state index < -0.39 is 16.1 Å². The summed E-state index contributed by atoms with van der Waals surface area (Å²) in [5.74, 6) is 0. The lowest BCUT2D eigenvalue weighted by Crippen LogP contribution is -2.42. The summed E-state index contributed by atoms with van der Waals surface area (Å²) in [7, 11) is -3.68. The van der Waals surface area contributed by atoms with Crippen LogP contribution in [0.25, 0.3) is 0 Å². The maximum atomic E-state index is 12.5. The number of rotatable bonds is 3. The van der Waals surface area contributed by atoms with Crippen LogP contribution in [-0.2, 0) is 10.0 Å². The molecule has 1 saturated heterocycles. The minimum atomic E-state index is -3.68. The molecule has 2 rings (SSSR count). The van der Waals surface area contributed by atoms with Crippen molar-refractivity contribution in [1.82, 2.24) is 4.31 Å². The molecule has 1 fully saturated rings. The van der Waals surface area contributed by atoms with Crippen molar-refractivity contribution in [1.29, 1.82) is 0 Å². The molecule has 0 amide bonds. The Bertz CT molecular complexity index is 599. The summed E-state index contributed by atoms with van der Waals surface area (Å²) >= 11 is 16.6. The van der Waals surface area contributed by atoms with Crippen molar-refractivity contribution in [2.24, 2.45) is 5.73 Å². The maximum Gasteiger partial charge on any atom is 0.243 e. The Morgan fingerprint density at radius 1 is 1.32 bits per heavy atom. The van der Waals surface area contributed by atoms with E-state index in [1.165, 1.54) is 22.5 Å². The van der Waals surface area contributed by atoms with E-state index in [0.717, 1.165) is 6.42 Å². The van der Waals surface area contributed by atoms with Crippen LogP contribution in [0.2, 0.25) is 10.0 Å². The molecule has 0 spiro atoms. The van der Waals surface area contributed by atoms with Crippen LogP contribution in [0.15, 0.2) is 23.1 Å². The molecule has 1 unspecified atom stereocenters. The lowest BCUT2D eigenvalue weighted by molar-refractivity contribution is 0.446. The van der Waals surface area contributed by atoms with Gasteiger partial charge in [-0.05, 0) is 31.0 Å². The molecule has 1 aromatic carbocycles. The smallest absolute Gasteiger partial charge is 0.243 e. The first-order valence-corrected chi connectivity index (χ1v) is 8.20. The highest BCUT2D eigenvalue weighted by Gasteiger charge is 2.36. The Morgan fingerprint density at radius 3 is 2.42 bits per heavy atom. The zero-order valence-electron chi connectivity index (χ0n) is 9.84. The van der Waals surface area contributed by atoms with Gasteiger partial charge in [-0.1, -0.05) is 35.4 Å². The second kappa shape index (κ2) is 5.54. The van der Waals surface area contributed by atoms with E-state index in [1.54, 1.807) is 0 Å². The van der Waals surface area contributed by atoms with Crippen molar-refractivity contribution < 1.29 is 8.42 Å². The normalized spacial score (nSPS) is 20.6. The maximum absolute atomic E-state index is 12.5. The van der Waals surface area contributed by atoms with Gasteiger partial charge in [-0.15, -0.1) is 0 Å². The topological polar surface area (TPSA) is 63.4 Å². The van der Waals surface area contributed by atoms with Gasteiger partial charge in [0.2, 0.25) is 10.0 Å². The third-order valence-electron chi connectivity index (χ3n) is 2.97. The van der Waals surface area contributed by atoms with Crippen LogP contribution in [0.1, 0.15) is 12.8 Å². The van der Waals surface area contributed by atoms with Crippen molar-refractivity contribution in [3.63, 3.8) is 0 Å². The molecule has 4 nitrogen and oxygen atoms in total. The SMILES string of the molecule is NC(=S)C1CCCN1S(=O)(=O)c1cc(Cl)cc(Cl)c1. The zero-order valence-corrected chi connectivity index (χ0v) is 13.0. The van der Waals surface area contributed by atoms with E-state index in [2.05, 4.69) is 0 Å². The van der Waals surface area contributed by atoms with Crippen LogP contribution in [0, 0.1) is 0 Å². The largest absolute Gasteiger partial charge is 0.392 e. The van der Waals surface area contributed by atoms with Crippen LogP contribution >= 0.6 is 35.4 Å². The van der Waals surface area contributed by atoms with E-state index >= 15 is 0 Å². The number of benzene rings is 1. The fourth-order valence-electron chi connectivity index (χ4n) is 2.13. The van der Waals surface area contributed by atoms with Crippen LogP contribution in [-0.4, -0.2) is 30.3 Å². The predicted octanol–water partition coefficient (Wildman–Crippen LogP) is 2.43. The van der Waals surface area contributed by atoms with E-state index in [-0.39, 0.29) is 19.9 Å². The highest BCUT2D eigenvalue weighted by Crippen LogP contribution is 2.29. The van der Waals surface area contributed by atoms with Gasteiger partial charge in [0.25, 0.3) is 0 Å². The Hall–Kier alpha value is -0.400. The molecule has 1 aromatic rings. The average molecular weight is 339 g/mol. The first kappa shape index (κ1) is 15.0. The van der Waals surface area contributed by atoms with Gasteiger partial charge in [0.15, 0.2) is 0 Å². The standard InChI is InChI=1S/C11H12Cl2N2O2S2/c12-7-4-8(13)6-9(5-7)19(16,17)15-3-1-2-10(15)11(14)18/h4-6,10H,1-3H2,(H2,14,18). The van der Waals surface area contributed by atoms with E-state index in [4.69, 9.17) is 41.2 Å². The van der Waals surface area contributed by atoms with Crippen molar-refractivity contribution in [2.75, 3.05) is 6.54 Å². The minimum absolute atomic E-state index is 0.0631. The zero-order chi connectivity index (χ0) is 14.2. The summed E-state index contributed by atoms with van der Waals surface area (Å²) in [6.45, 7) is 0.397. The first-order chi connectivity index (χ1) is 8.82. The number of halogens is 2. The third kappa shape index (κ3) is 3.03. The molecule has 19 heavy (non-hydrogen) atoms. The van der Waals surface area contributed by atoms with Gasteiger partial charge < -0.3 is 5.73 Å². The summed E-state index contributed by atoms with van der Waals surface area (Å²) in [6.07, 6.45) is 1.37. The number of thiocarbonyl (C=S) groups is 1. The van der Waals surface area contributed by atoms with E-state index in [9.17, 15) is 8.42 Å². The molecule has 1 heterocycles. The lowest BCUT2D eigenvalue weighted by Gasteiger charge is -2.23. The average Bonchev–Trinajstić information content (AvgIpc) is 2.76. The van der Waals surface area contributed by atoms with E-state index in [0.29, 0.717) is 13.0 Å². The fraction of sp³-hybridized carbons (Fsp3) is 0.364. The summed E-state index contributed by atoms with van der Waals surface area (Å²) in [4.78, 5) is 0.252. The van der Waals surface area contributed by atoms with Crippen LogP contribution in [0.3, 0.4) is 0 Å². The summed E-state index contributed by atoms with van der Waals surface area (Å²) in [5, 5.41) is 0.550. The molecule has 0 bridgehead atoms. The predicted molar refractivity (Wildman–Crippen MR) is 80.2 cm³/mol. The summed E-state index contributed by atoms with van der Waals surface area (Å²) < 4.78 is 26.4. The van der Waals surface area contributed by atoms with Gasteiger partial charge >= 0.3 is 0 Å². The van der Waals surface area contributed by atoms with Gasteiger partial charge in [-0.3, -0.25) is 0 Å². The summed E-state index contributed by atoms with van der Waals surface area (Å²) in [5.41, 5.74) is 5.60. The van der Waals surface area contributed by atoms with E-state index in [1.807, 2.05) is 0 Å². The Labute approximate surface area is 127 Å². The lowest BCUT2D eigenvalue weighted by atomic mass is 10.2. The Morgan fingerprint density at radius 2 is 1.89 bits per heavy atom. The van der Waals surface area contributed by atoms with Gasteiger partial charge in [0.05, 0.1) is 15.9 Å². The van der Waals surface area contributed by atoms with Crippen LogP contribution in [0.4, 0.5) is 0 Å². The third-order valence-corrected chi connectivity index (χ3v) is 5.57. The van der Waals surface area contributed by atoms with Gasteiger partial charge in [-0.25, -0.2) is 8.42 Å². The molecule has 2 N–H and O–H groups in total. The quantitative estimate of drug-likeness (QED) is 0.859.